The SMILES string of the molecule is COc1ccc(OC)c(Cc2cccc(C=C(C#N)C#N)c2)c1. The van der Waals surface area contributed by atoms with E-state index in [4.69, 9.17) is 20.0 Å². The van der Waals surface area contributed by atoms with Gasteiger partial charge in [-0.1, -0.05) is 24.3 Å². The Kier molecular flexibility index (Phi) is 5.39. The van der Waals surface area contributed by atoms with Crippen molar-refractivity contribution in [3.8, 4) is 23.6 Å². The van der Waals surface area contributed by atoms with Gasteiger partial charge in [-0.15, -0.1) is 0 Å². The minimum Gasteiger partial charge on any atom is -0.497 e. The zero-order chi connectivity index (χ0) is 16.7. The van der Waals surface area contributed by atoms with Gasteiger partial charge in [-0.3, -0.25) is 0 Å². The number of hydrogen-bond donors (Lipinski definition) is 0. The molecule has 0 saturated heterocycles. The van der Waals surface area contributed by atoms with Crippen LogP contribution in [0.15, 0.2) is 48.0 Å². The molecule has 114 valence electrons. The summed E-state index contributed by atoms with van der Waals surface area (Å²) in [4.78, 5) is 0. The van der Waals surface area contributed by atoms with Gasteiger partial charge in [0.15, 0.2) is 0 Å². The molecule has 2 rings (SSSR count). The fraction of sp³-hybridized carbons (Fsp3) is 0.158. The Morgan fingerprint density at radius 2 is 1.83 bits per heavy atom. The molecule has 0 N–H and O–H groups in total. The molecule has 4 nitrogen and oxygen atoms in total. The predicted molar refractivity (Wildman–Crippen MR) is 88.0 cm³/mol. The van der Waals surface area contributed by atoms with Crippen molar-refractivity contribution >= 4 is 6.08 Å². The molecule has 0 aliphatic carbocycles. The second kappa shape index (κ2) is 7.68. The molecule has 23 heavy (non-hydrogen) atoms. The van der Waals surface area contributed by atoms with Crippen LogP contribution in [0.25, 0.3) is 6.08 Å². The summed E-state index contributed by atoms with van der Waals surface area (Å²) in [7, 11) is 3.26. The Bertz CT molecular complexity index is 795. The molecule has 0 atom stereocenters. The molecule has 0 spiro atoms. The number of hydrogen-bond acceptors (Lipinski definition) is 4. The van der Waals surface area contributed by atoms with Gasteiger partial charge in [0.05, 0.1) is 14.2 Å². The highest BCUT2D eigenvalue weighted by Crippen LogP contribution is 2.26. The molecule has 0 radical (unpaired) electrons. The molecule has 0 bridgehead atoms. The van der Waals surface area contributed by atoms with Crippen LogP contribution in [0.1, 0.15) is 16.7 Å². The van der Waals surface area contributed by atoms with Crippen LogP contribution in [0.5, 0.6) is 11.5 Å². The van der Waals surface area contributed by atoms with Gasteiger partial charge < -0.3 is 9.47 Å². The highest BCUT2D eigenvalue weighted by Gasteiger charge is 2.07. The third-order valence-corrected chi connectivity index (χ3v) is 3.39. The van der Waals surface area contributed by atoms with Gasteiger partial charge in [-0.25, -0.2) is 0 Å². The average molecular weight is 304 g/mol. The van der Waals surface area contributed by atoms with Crippen LogP contribution in [0, 0.1) is 22.7 Å². The topological polar surface area (TPSA) is 66.0 Å². The first-order valence-electron chi connectivity index (χ1n) is 7.02. The van der Waals surface area contributed by atoms with E-state index >= 15 is 0 Å². The second-order valence-corrected chi connectivity index (χ2v) is 4.88. The lowest BCUT2D eigenvalue weighted by Crippen LogP contribution is -1.95. The largest absolute Gasteiger partial charge is 0.497 e. The van der Waals surface area contributed by atoms with Crippen LogP contribution in [0.4, 0.5) is 0 Å². The van der Waals surface area contributed by atoms with Crippen molar-refractivity contribution in [2.45, 2.75) is 6.42 Å². The van der Waals surface area contributed by atoms with E-state index in [1.54, 1.807) is 20.3 Å². The van der Waals surface area contributed by atoms with E-state index in [2.05, 4.69) is 0 Å². The third kappa shape index (κ3) is 4.12. The zero-order valence-electron chi connectivity index (χ0n) is 13.0. The van der Waals surface area contributed by atoms with Crippen LogP contribution < -0.4 is 9.47 Å². The average Bonchev–Trinajstić information content (AvgIpc) is 2.60. The van der Waals surface area contributed by atoms with Gasteiger partial charge in [-0.2, -0.15) is 10.5 Å². The number of nitriles is 2. The lowest BCUT2D eigenvalue weighted by molar-refractivity contribution is 0.399. The number of methoxy groups -OCH3 is 2. The second-order valence-electron chi connectivity index (χ2n) is 4.88. The van der Waals surface area contributed by atoms with Crippen molar-refractivity contribution in [3.63, 3.8) is 0 Å². The smallest absolute Gasteiger partial charge is 0.130 e. The molecule has 0 aliphatic rings. The summed E-state index contributed by atoms with van der Waals surface area (Å²) >= 11 is 0. The van der Waals surface area contributed by atoms with Gasteiger partial charge in [0, 0.05) is 12.0 Å². The Balaban J connectivity index is 2.33. The van der Waals surface area contributed by atoms with Crippen molar-refractivity contribution in [1.82, 2.24) is 0 Å². The molecular formula is C19H16N2O2. The highest BCUT2D eigenvalue weighted by atomic mass is 16.5. The Hall–Kier alpha value is -3.24. The van der Waals surface area contributed by atoms with Gasteiger partial charge in [0.25, 0.3) is 0 Å². The molecular weight excluding hydrogens is 288 g/mol. The van der Waals surface area contributed by atoms with Crippen LogP contribution >= 0.6 is 0 Å². The van der Waals surface area contributed by atoms with Crippen molar-refractivity contribution in [2.75, 3.05) is 14.2 Å². The molecule has 2 aromatic carbocycles. The van der Waals surface area contributed by atoms with Gasteiger partial charge in [0.2, 0.25) is 0 Å². The first-order valence-corrected chi connectivity index (χ1v) is 7.02. The third-order valence-electron chi connectivity index (χ3n) is 3.39. The first-order chi connectivity index (χ1) is 11.2. The zero-order valence-corrected chi connectivity index (χ0v) is 13.0. The van der Waals surface area contributed by atoms with Crippen LogP contribution in [-0.2, 0) is 6.42 Å². The Morgan fingerprint density at radius 3 is 2.48 bits per heavy atom. The van der Waals surface area contributed by atoms with E-state index in [0.29, 0.717) is 6.42 Å². The quantitative estimate of drug-likeness (QED) is 0.789. The van der Waals surface area contributed by atoms with Gasteiger partial charge >= 0.3 is 0 Å². The van der Waals surface area contributed by atoms with E-state index in [-0.39, 0.29) is 5.57 Å². The number of rotatable bonds is 5. The summed E-state index contributed by atoms with van der Waals surface area (Å²) in [6.07, 6.45) is 2.24. The highest BCUT2D eigenvalue weighted by molar-refractivity contribution is 5.62. The number of benzene rings is 2. The molecule has 0 fully saturated rings. The maximum atomic E-state index is 8.85. The molecule has 0 amide bonds. The van der Waals surface area contributed by atoms with E-state index in [9.17, 15) is 0 Å². The Labute approximate surface area is 135 Å². The summed E-state index contributed by atoms with van der Waals surface area (Å²) < 4.78 is 10.7. The van der Waals surface area contributed by atoms with E-state index < -0.39 is 0 Å². The number of allylic oxidation sites excluding steroid dienone is 1. The van der Waals surface area contributed by atoms with E-state index in [0.717, 1.165) is 28.2 Å². The number of nitrogens with zero attached hydrogens (tertiary/aromatic N) is 2. The lowest BCUT2D eigenvalue weighted by atomic mass is 10.0. The summed E-state index contributed by atoms with van der Waals surface area (Å²) in [6, 6.07) is 17.1. The van der Waals surface area contributed by atoms with Gasteiger partial charge in [0.1, 0.15) is 29.2 Å². The molecule has 4 heteroatoms. The maximum absolute atomic E-state index is 8.85. The van der Waals surface area contributed by atoms with Gasteiger partial charge in [-0.05, 0) is 35.4 Å². The van der Waals surface area contributed by atoms with Crippen LogP contribution in [-0.4, -0.2) is 14.2 Å². The fourth-order valence-corrected chi connectivity index (χ4v) is 2.29. The molecule has 0 heterocycles. The summed E-state index contributed by atoms with van der Waals surface area (Å²) in [5.74, 6) is 1.56. The maximum Gasteiger partial charge on any atom is 0.130 e. The van der Waals surface area contributed by atoms with Crippen molar-refractivity contribution in [1.29, 1.82) is 10.5 Å². The summed E-state index contributed by atoms with van der Waals surface area (Å²) in [5.41, 5.74) is 2.97. The van der Waals surface area contributed by atoms with Crippen LogP contribution in [0.2, 0.25) is 0 Å². The summed E-state index contributed by atoms with van der Waals surface area (Å²) in [5, 5.41) is 17.7. The minimum atomic E-state index is 0.0844. The standard InChI is InChI=1S/C19H16N2O2/c1-22-18-6-7-19(23-2)17(11-18)10-15-5-3-4-14(8-15)9-16(12-20)13-21/h3-9,11H,10H2,1-2H3. The van der Waals surface area contributed by atoms with Crippen molar-refractivity contribution < 1.29 is 9.47 Å². The molecule has 0 aliphatic heterocycles. The van der Waals surface area contributed by atoms with Crippen molar-refractivity contribution in [2.24, 2.45) is 0 Å². The van der Waals surface area contributed by atoms with Crippen molar-refractivity contribution in [3.05, 3.63) is 64.7 Å². The fourth-order valence-electron chi connectivity index (χ4n) is 2.29. The van der Waals surface area contributed by atoms with E-state index in [1.165, 1.54) is 0 Å². The first kappa shape index (κ1) is 16.1. The molecule has 0 unspecified atom stereocenters. The Morgan fingerprint density at radius 1 is 1.04 bits per heavy atom. The van der Waals surface area contributed by atoms with Crippen LogP contribution in [0.3, 0.4) is 0 Å². The minimum absolute atomic E-state index is 0.0844. The summed E-state index contributed by atoms with van der Waals surface area (Å²) in [6.45, 7) is 0. The lowest BCUT2D eigenvalue weighted by Gasteiger charge is -2.11. The number of ether oxygens (including phenoxy) is 2. The molecule has 0 saturated carbocycles. The predicted octanol–water partition coefficient (Wildman–Crippen LogP) is 3.73. The normalized spacial score (nSPS) is 9.39. The monoisotopic (exact) mass is 304 g/mol. The van der Waals surface area contributed by atoms with E-state index in [1.807, 2.05) is 54.6 Å². The molecule has 0 aromatic heterocycles. The molecule has 2 aromatic rings.